The first-order valence-electron chi connectivity index (χ1n) is 12.2. The molecule has 0 aliphatic carbocycles. The third kappa shape index (κ3) is 5.94. The predicted molar refractivity (Wildman–Crippen MR) is 155 cm³/mol. The van der Waals surface area contributed by atoms with Gasteiger partial charge in [0, 0.05) is 18.7 Å². The Morgan fingerprint density at radius 2 is 1.37 bits per heavy atom. The molecular formula is C31H24Cl3N3O. The second-order valence-electron chi connectivity index (χ2n) is 8.85. The number of carbonyl (C=O) groups is 1. The van der Waals surface area contributed by atoms with Crippen LogP contribution in [-0.2, 0) is 13.0 Å². The number of halogens is 3. The lowest BCUT2D eigenvalue weighted by Gasteiger charge is -2.23. The van der Waals surface area contributed by atoms with Crippen LogP contribution in [-0.4, -0.2) is 27.1 Å². The Bertz CT molecular complexity index is 1550. The van der Waals surface area contributed by atoms with E-state index in [9.17, 15) is 4.79 Å². The van der Waals surface area contributed by atoms with Crippen molar-refractivity contribution in [2.24, 2.45) is 0 Å². The monoisotopic (exact) mass is 559 g/mol. The fourth-order valence-electron chi connectivity index (χ4n) is 4.27. The van der Waals surface area contributed by atoms with Crippen molar-refractivity contribution >= 4 is 40.7 Å². The van der Waals surface area contributed by atoms with Crippen molar-refractivity contribution in [2.75, 3.05) is 6.54 Å². The van der Waals surface area contributed by atoms with Crippen LogP contribution >= 0.6 is 34.8 Å². The molecule has 0 atom stereocenters. The second-order valence-corrected chi connectivity index (χ2v) is 10.1. The van der Waals surface area contributed by atoms with Gasteiger partial charge in [-0.1, -0.05) is 114 Å². The third-order valence-electron chi connectivity index (χ3n) is 6.24. The fourth-order valence-corrected chi connectivity index (χ4v) is 4.80. The molecule has 190 valence electrons. The van der Waals surface area contributed by atoms with E-state index in [1.165, 1.54) is 0 Å². The maximum Gasteiger partial charge on any atom is 0.272 e. The lowest BCUT2D eigenvalue weighted by Crippen LogP contribution is -2.34. The zero-order valence-electron chi connectivity index (χ0n) is 20.4. The summed E-state index contributed by atoms with van der Waals surface area (Å²) in [4.78, 5) is 16.1. The highest BCUT2D eigenvalue weighted by Crippen LogP contribution is 2.31. The average Bonchev–Trinajstić information content (AvgIpc) is 3.39. The quantitative estimate of drug-likeness (QED) is 0.191. The van der Waals surface area contributed by atoms with Crippen molar-refractivity contribution < 1.29 is 4.79 Å². The Morgan fingerprint density at radius 3 is 2.05 bits per heavy atom. The van der Waals surface area contributed by atoms with Crippen molar-refractivity contribution in [3.63, 3.8) is 0 Å². The smallest absolute Gasteiger partial charge is 0.272 e. The summed E-state index contributed by atoms with van der Waals surface area (Å²) in [5.41, 5.74) is 4.56. The van der Waals surface area contributed by atoms with Crippen LogP contribution in [0, 0.1) is 0 Å². The molecule has 0 unspecified atom stereocenters. The first kappa shape index (κ1) is 26.1. The summed E-state index contributed by atoms with van der Waals surface area (Å²) in [6.07, 6.45) is 0.720. The van der Waals surface area contributed by atoms with E-state index < -0.39 is 0 Å². The second kappa shape index (κ2) is 11.9. The molecule has 0 N–H and O–H groups in total. The summed E-state index contributed by atoms with van der Waals surface area (Å²) >= 11 is 19.0. The molecule has 0 spiro atoms. The van der Waals surface area contributed by atoms with E-state index in [4.69, 9.17) is 39.9 Å². The SMILES string of the molecule is O=C(c1cc(-c2ccccc2Cl)nn1-c1ccc(Cl)c(Cl)c1)N(CCc1ccccc1)Cc1ccccc1. The van der Waals surface area contributed by atoms with Gasteiger partial charge in [0.25, 0.3) is 5.91 Å². The van der Waals surface area contributed by atoms with Crippen molar-refractivity contribution in [1.82, 2.24) is 14.7 Å². The molecule has 0 fully saturated rings. The number of aromatic nitrogens is 2. The average molecular weight is 561 g/mol. The van der Waals surface area contributed by atoms with E-state index in [0.717, 1.165) is 23.1 Å². The van der Waals surface area contributed by atoms with Gasteiger partial charge in [-0.15, -0.1) is 0 Å². The van der Waals surface area contributed by atoms with Crippen LogP contribution in [0.25, 0.3) is 16.9 Å². The van der Waals surface area contributed by atoms with E-state index >= 15 is 0 Å². The van der Waals surface area contributed by atoms with Crippen LogP contribution in [0.4, 0.5) is 0 Å². The highest BCUT2D eigenvalue weighted by atomic mass is 35.5. The number of rotatable bonds is 8. The number of carbonyl (C=O) groups excluding carboxylic acids is 1. The molecule has 4 nitrogen and oxygen atoms in total. The molecule has 0 bridgehead atoms. The van der Waals surface area contributed by atoms with Gasteiger partial charge in [-0.25, -0.2) is 4.68 Å². The number of hydrogen-bond donors (Lipinski definition) is 0. The molecule has 5 rings (SSSR count). The Balaban J connectivity index is 1.57. The lowest BCUT2D eigenvalue weighted by molar-refractivity contribution is 0.0736. The van der Waals surface area contributed by atoms with Gasteiger partial charge in [-0.05, 0) is 47.9 Å². The summed E-state index contributed by atoms with van der Waals surface area (Å²) in [7, 11) is 0. The molecule has 4 aromatic carbocycles. The summed E-state index contributed by atoms with van der Waals surface area (Å²) in [6.45, 7) is 0.992. The van der Waals surface area contributed by atoms with Gasteiger partial charge in [-0.2, -0.15) is 5.10 Å². The van der Waals surface area contributed by atoms with Gasteiger partial charge < -0.3 is 4.90 Å². The molecule has 0 aliphatic rings. The Morgan fingerprint density at radius 1 is 0.711 bits per heavy atom. The van der Waals surface area contributed by atoms with E-state index in [-0.39, 0.29) is 5.91 Å². The molecule has 0 aliphatic heterocycles. The first-order chi connectivity index (χ1) is 18.5. The summed E-state index contributed by atoms with van der Waals surface area (Å²) in [5, 5.41) is 6.15. The highest BCUT2D eigenvalue weighted by Gasteiger charge is 2.24. The van der Waals surface area contributed by atoms with E-state index in [1.54, 1.807) is 35.0 Å². The topological polar surface area (TPSA) is 38.1 Å². The zero-order valence-corrected chi connectivity index (χ0v) is 22.7. The zero-order chi connectivity index (χ0) is 26.5. The molecule has 0 saturated carbocycles. The molecular weight excluding hydrogens is 537 g/mol. The van der Waals surface area contributed by atoms with Gasteiger partial charge in [0.1, 0.15) is 5.69 Å². The van der Waals surface area contributed by atoms with E-state index in [0.29, 0.717) is 45.2 Å². The van der Waals surface area contributed by atoms with Crippen LogP contribution in [0.5, 0.6) is 0 Å². The molecule has 1 amide bonds. The highest BCUT2D eigenvalue weighted by molar-refractivity contribution is 6.42. The normalized spacial score (nSPS) is 10.9. The Kier molecular flexibility index (Phi) is 8.14. The molecule has 38 heavy (non-hydrogen) atoms. The maximum atomic E-state index is 14.2. The van der Waals surface area contributed by atoms with Crippen LogP contribution in [0.2, 0.25) is 15.1 Å². The number of nitrogens with zero attached hydrogens (tertiary/aromatic N) is 3. The standard InChI is InChI=1S/C31H24Cl3N3O/c32-26-14-8-7-13-25(26)29-20-30(37(35-29)24-15-16-27(33)28(34)19-24)31(38)36(21-23-11-5-2-6-12-23)18-17-22-9-3-1-4-10-22/h1-16,19-20H,17-18,21H2. The third-order valence-corrected chi connectivity index (χ3v) is 7.31. The summed E-state index contributed by atoms with van der Waals surface area (Å²) in [5.74, 6) is -0.151. The van der Waals surface area contributed by atoms with E-state index in [2.05, 4.69) is 12.1 Å². The van der Waals surface area contributed by atoms with Gasteiger partial charge in [0.05, 0.1) is 26.4 Å². The molecule has 5 aromatic rings. The van der Waals surface area contributed by atoms with Gasteiger partial charge in [-0.3, -0.25) is 4.79 Å². The van der Waals surface area contributed by atoms with Crippen molar-refractivity contribution in [3.05, 3.63) is 141 Å². The van der Waals surface area contributed by atoms with Gasteiger partial charge in [0.2, 0.25) is 0 Å². The molecule has 0 radical (unpaired) electrons. The minimum absolute atomic E-state index is 0.151. The van der Waals surface area contributed by atoms with Crippen LogP contribution in [0.15, 0.2) is 109 Å². The van der Waals surface area contributed by atoms with Crippen LogP contribution < -0.4 is 0 Å². The fraction of sp³-hybridized carbons (Fsp3) is 0.0968. The van der Waals surface area contributed by atoms with Crippen LogP contribution in [0.1, 0.15) is 21.6 Å². The molecule has 1 heterocycles. The lowest BCUT2D eigenvalue weighted by atomic mass is 10.1. The molecule has 7 heteroatoms. The number of hydrogen-bond acceptors (Lipinski definition) is 2. The molecule has 1 aromatic heterocycles. The first-order valence-corrected chi connectivity index (χ1v) is 13.3. The van der Waals surface area contributed by atoms with Gasteiger partial charge >= 0.3 is 0 Å². The predicted octanol–water partition coefficient (Wildman–Crippen LogP) is 8.38. The largest absolute Gasteiger partial charge is 0.333 e. The van der Waals surface area contributed by atoms with E-state index in [1.807, 2.05) is 71.6 Å². The Labute approximate surface area is 237 Å². The number of amides is 1. The van der Waals surface area contributed by atoms with Crippen molar-refractivity contribution in [3.8, 4) is 16.9 Å². The summed E-state index contributed by atoms with van der Waals surface area (Å²) in [6, 6.07) is 34.5. The van der Waals surface area contributed by atoms with Gasteiger partial charge in [0.15, 0.2) is 0 Å². The van der Waals surface area contributed by atoms with Crippen LogP contribution in [0.3, 0.4) is 0 Å². The minimum Gasteiger partial charge on any atom is -0.333 e. The number of benzene rings is 4. The minimum atomic E-state index is -0.151. The summed E-state index contributed by atoms with van der Waals surface area (Å²) < 4.78 is 1.61. The Hall–Kier alpha value is -3.57. The van der Waals surface area contributed by atoms with Crippen molar-refractivity contribution in [1.29, 1.82) is 0 Å². The maximum absolute atomic E-state index is 14.2. The molecule has 0 saturated heterocycles. The van der Waals surface area contributed by atoms with Crippen molar-refractivity contribution in [2.45, 2.75) is 13.0 Å².